The number of aryl methyl sites for hydroxylation is 1. The molecular formula is C13H12ClNO. The zero-order valence-corrected chi connectivity index (χ0v) is 9.65. The standard InChI is InChI=1S/C13H12ClNO/c1-9-4-3-7-15-12(9)13(16)10-5-2-6-11(14)8-10/h2-8,13,16H,1H3. The summed E-state index contributed by atoms with van der Waals surface area (Å²) in [6.45, 7) is 1.93. The van der Waals surface area contributed by atoms with Crippen LogP contribution in [-0.2, 0) is 0 Å². The molecule has 0 bridgehead atoms. The van der Waals surface area contributed by atoms with Gasteiger partial charge in [0.1, 0.15) is 6.10 Å². The molecule has 1 atom stereocenters. The smallest absolute Gasteiger partial charge is 0.121 e. The summed E-state index contributed by atoms with van der Waals surface area (Å²) >= 11 is 5.88. The van der Waals surface area contributed by atoms with E-state index in [0.29, 0.717) is 10.7 Å². The summed E-state index contributed by atoms with van der Waals surface area (Å²) in [5.41, 5.74) is 2.40. The van der Waals surface area contributed by atoms with E-state index < -0.39 is 6.10 Å². The van der Waals surface area contributed by atoms with Crippen LogP contribution in [0.3, 0.4) is 0 Å². The van der Waals surface area contributed by atoms with Crippen molar-refractivity contribution in [3.63, 3.8) is 0 Å². The molecule has 0 saturated carbocycles. The quantitative estimate of drug-likeness (QED) is 0.865. The van der Waals surface area contributed by atoms with Crippen LogP contribution in [0.15, 0.2) is 42.6 Å². The molecule has 1 unspecified atom stereocenters. The lowest BCUT2D eigenvalue weighted by Crippen LogP contribution is -2.04. The van der Waals surface area contributed by atoms with Crippen molar-refractivity contribution >= 4 is 11.6 Å². The summed E-state index contributed by atoms with van der Waals surface area (Å²) in [7, 11) is 0. The highest BCUT2D eigenvalue weighted by molar-refractivity contribution is 6.30. The fourth-order valence-electron chi connectivity index (χ4n) is 1.62. The average Bonchev–Trinajstić information content (AvgIpc) is 2.29. The first-order valence-electron chi connectivity index (χ1n) is 5.03. The number of rotatable bonds is 2. The number of aromatic nitrogens is 1. The maximum atomic E-state index is 10.2. The molecule has 0 aliphatic heterocycles. The third-order valence-electron chi connectivity index (χ3n) is 2.47. The lowest BCUT2D eigenvalue weighted by Gasteiger charge is -2.12. The Bertz CT molecular complexity index is 499. The van der Waals surface area contributed by atoms with Crippen molar-refractivity contribution in [1.29, 1.82) is 0 Å². The highest BCUT2D eigenvalue weighted by Crippen LogP contribution is 2.24. The van der Waals surface area contributed by atoms with Crippen molar-refractivity contribution in [2.24, 2.45) is 0 Å². The second-order valence-corrected chi connectivity index (χ2v) is 4.10. The first-order valence-corrected chi connectivity index (χ1v) is 5.41. The molecule has 0 aliphatic carbocycles. The Balaban J connectivity index is 2.39. The number of hydrogen-bond donors (Lipinski definition) is 1. The van der Waals surface area contributed by atoms with Gasteiger partial charge in [0, 0.05) is 11.2 Å². The van der Waals surface area contributed by atoms with E-state index in [-0.39, 0.29) is 0 Å². The van der Waals surface area contributed by atoms with E-state index in [0.717, 1.165) is 11.1 Å². The fraction of sp³-hybridized carbons (Fsp3) is 0.154. The molecule has 0 amide bonds. The summed E-state index contributed by atoms with van der Waals surface area (Å²) in [6.07, 6.45) is 0.954. The largest absolute Gasteiger partial charge is 0.382 e. The topological polar surface area (TPSA) is 33.1 Å². The van der Waals surface area contributed by atoms with Gasteiger partial charge in [-0.05, 0) is 36.2 Å². The first kappa shape index (κ1) is 11.1. The molecule has 2 rings (SSSR count). The monoisotopic (exact) mass is 233 g/mol. The maximum Gasteiger partial charge on any atom is 0.121 e. The molecule has 0 spiro atoms. The summed E-state index contributed by atoms with van der Waals surface area (Å²) in [5.74, 6) is 0. The molecule has 0 radical (unpaired) electrons. The minimum Gasteiger partial charge on any atom is -0.382 e. The van der Waals surface area contributed by atoms with Gasteiger partial charge in [0.15, 0.2) is 0 Å². The van der Waals surface area contributed by atoms with Crippen molar-refractivity contribution in [1.82, 2.24) is 4.98 Å². The maximum absolute atomic E-state index is 10.2. The Labute approximate surface area is 99.5 Å². The van der Waals surface area contributed by atoms with Crippen molar-refractivity contribution in [2.45, 2.75) is 13.0 Å². The molecule has 0 fully saturated rings. The van der Waals surface area contributed by atoms with E-state index in [4.69, 9.17) is 11.6 Å². The summed E-state index contributed by atoms with van der Waals surface area (Å²) in [4.78, 5) is 4.19. The van der Waals surface area contributed by atoms with Gasteiger partial charge < -0.3 is 5.11 Å². The first-order chi connectivity index (χ1) is 7.68. The Kier molecular flexibility index (Phi) is 3.22. The normalized spacial score (nSPS) is 12.4. The number of halogens is 1. The molecular weight excluding hydrogens is 222 g/mol. The van der Waals surface area contributed by atoms with Gasteiger partial charge in [-0.2, -0.15) is 0 Å². The Morgan fingerprint density at radius 1 is 1.25 bits per heavy atom. The zero-order valence-electron chi connectivity index (χ0n) is 8.89. The second-order valence-electron chi connectivity index (χ2n) is 3.66. The van der Waals surface area contributed by atoms with Crippen LogP contribution < -0.4 is 0 Å². The minimum absolute atomic E-state index is 0.616. The molecule has 1 N–H and O–H groups in total. The molecule has 82 valence electrons. The molecule has 2 aromatic rings. The lowest BCUT2D eigenvalue weighted by molar-refractivity contribution is 0.214. The number of hydrogen-bond acceptors (Lipinski definition) is 2. The van der Waals surface area contributed by atoms with Crippen LogP contribution >= 0.6 is 11.6 Å². The van der Waals surface area contributed by atoms with Crippen LogP contribution in [0.1, 0.15) is 22.9 Å². The van der Waals surface area contributed by atoms with Gasteiger partial charge >= 0.3 is 0 Å². The van der Waals surface area contributed by atoms with Crippen LogP contribution in [0.25, 0.3) is 0 Å². The van der Waals surface area contributed by atoms with E-state index in [9.17, 15) is 5.11 Å². The van der Waals surface area contributed by atoms with Crippen LogP contribution in [0.2, 0.25) is 5.02 Å². The second kappa shape index (κ2) is 4.64. The minimum atomic E-state index is -0.722. The highest BCUT2D eigenvalue weighted by atomic mass is 35.5. The molecule has 0 aliphatic rings. The molecule has 0 saturated heterocycles. The van der Waals surface area contributed by atoms with Gasteiger partial charge in [0.25, 0.3) is 0 Å². The molecule has 16 heavy (non-hydrogen) atoms. The van der Waals surface area contributed by atoms with Crippen molar-refractivity contribution < 1.29 is 5.11 Å². The van der Waals surface area contributed by atoms with Gasteiger partial charge in [-0.25, -0.2) is 0 Å². The van der Waals surface area contributed by atoms with Crippen LogP contribution in [0, 0.1) is 6.92 Å². The predicted molar refractivity (Wildman–Crippen MR) is 64.5 cm³/mol. The van der Waals surface area contributed by atoms with Crippen molar-refractivity contribution in [2.75, 3.05) is 0 Å². The van der Waals surface area contributed by atoms with Crippen molar-refractivity contribution in [3.8, 4) is 0 Å². The number of aliphatic hydroxyl groups is 1. The molecule has 2 nitrogen and oxygen atoms in total. The van der Waals surface area contributed by atoms with Gasteiger partial charge in [0.05, 0.1) is 5.69 Å². The third-order valence-corrected chi connectivity index (χ3v) is 2.71. The zero-order chi connectivity index (χ0) is 11.5. The number of aliphatic hydroxyl groups excluding tert-OH is 1. The Morgan fingerprint density at radius 3 is 2.75 bits per heavy atom. The molecule has 1 aromatic carbocycles. The Morgan fingerprint density at radius 2 is 2.06 bits per heavy atom. The van der Waals surface area contributed by atoms with E-state index in [1.54, 1.807) is 18.3 Å². The summed E-state index contributed by atoms with van der Waals surface area (Å²) < 4.78 is 0. The number of pyridine rings is 1. The number of benzene rings is 1. The average molecular weight is 234 g/mol. The van der Waals surface area contributed by atoms with E-state index >= 15 is 0 Å². The van der Waals surface area contributed by atoms with E-state index in [1.807, 2.05) is 31.2 Å². The SMILES string of the molecule is Cc1cccnc1C(O)c1cccc(Cl)c1. The van der Waals surface area contributed by atoms with Gasteiger partial charge in [0.2, 0.25) is 0 Å². The third kappa shape index (κ3) is 2.23. The van der Waals surface area contributed by atoms with Gasteiger partial charge in [-0.1, -0.05) is 29.8 Å². The lowest BCUT2D eigenvalue weighted by atomic mass is 10.0. The summed E-state index contributed by atoms with van der Waals surface area (Å²) in [6, 6.07) is 11.0. The van der Waals surface area contributed by atoms with Crippen LogP contribution in [0.5, 0.6) is 0 Å². The Hall–Kier alpha value is -1.38. The van der Waals surface area contributed by atoms with Gasteiger partial charge in [-0.3, -0.25) is 4.98 Å². The number of nitrogens with zero attached hydrogens (tertiary/aromatic N) is 1. The van der Waals surface area contributed by atoms with E-state index in [1.165, 1.54) is 0 Å². The van der Waals surface area contributed by atoms with Crippen LogP contribution in [-0.4, -0.2) is 10.1 Å². The molecule has 1 heterocycles. The van der Waals surface area contributed by atoms with E-state index in [2.05, 4.69) is 4.98 Å². The molecule has 1 aromatic heterocycles. The summed E-state index contributed by atoms with van der Waals surface area (Å²) in [5, 5.41) is 10.8. The highest BCUT2D eigenvalue weighted by Gasteiger charge is 2.13. The van der Waals surface area contributed by atoms with Crippen LogP contribution in [0.4, 0.5) is 0 Å². The van der Waals surface area contributed by atoms with Gasteiger partial charge in [-0.15, -0.1) is 0 Å². The predicted octanol–water partition coefficient (Wildman–Crippen LogP) is 3.13. The fourth-order valence-corrected chi connectivity index (χ4v) is 1.82. The molecule has 3 heteroatoms. The van der Waals surface area contributed by atoms with Crippen molar-refractivity contribution in [3.05, 3.63) is 64.4 Å².